The van der Waals surface area contributed by atoms with Crippen LogP contribution >= 0.6 is 0 Å². The van der Waals surface area contributed by atoms with Gasteiger partial charge in [-0.25, -0.2) is 0 Å². The number of ether oxygens (including phenoxy) is 1. The van der Waals surface area contributed by atoms with E-state index >= 15 is 0 Å². The van der Waals surface area contributed by atoms with Crippen LogP contribution < -0.4 is 10.1 Å². The summed E-state index contributed by atoms with van der Waals surface area (Å²) in [5, 5.41) is 2.98. The molecular weight excluding hydrogens is 328 g/mol. The molecular formula is C21H30N2O3. The van der Waals surface area contributed by atoms with Crippen molar-refractivity contribution in [3.05, 3.63) is 41.5 Å². The summed E-state index contributed by atoms with van der Waals surface area (Å²) in [5.74, 6) is 0.550. The lowest BCUT2D eigenvalue weighted by Gasteiger charge is -2.27. The lowest BCUT2D eigenvalue weighted by Crippen LogP contribution is -2.47. The van der Waals surface area contributed by atoms with Gasteiger partial charge in [-0.2, -0.15) is 0 Å². The summed E-state index contributed by atoms with van der Waals surface area (Å²) in [6, 6.07) is 7.03. The number of benzene rings is 1. The van der Waals surface area contributed by atoms with E-state index in [0.717, 1.165) is 30.6 Å². The molecule has 5 nitrogen and oxygen atoms in total. The molecule has 1 aromatic carbocycles. The maximum Gasteiger partial charge on any atom is 0.242 e. The van der Waals surface area contributed by atoms with E-state index < -0.39 is 6.04 Å². The predicted molar refractivity (Wildman–Crippen MR) is 103 cm³/mol. The van der Waals surface area contributed by atoms with E-state index in [2.05, 4.69) is 11.4 Å². The van der Waals surface area contributed by atoms with Gasteiger partial charge in [0.25, 0.3) is 0 Å². The van der Waals surface area contributed by atoms with E-state index in [1.54, 1.807) is 18.9 Å². The first-order valence-corrected chi connectivity index (χ1v) is 9.37. The number of carbonyl (C=O) groups is 2. The molecule has 0 unspecified atom stereocenters. The third kappa shape index (κ3) is 5.90. The van der Waals surface area contributed by atoms with Crippen molar-refractivity contribution in [3.63, 3.8) is 0 Å². The molecule has 0 aromatic heterocycles. The molecule has 2 rings (SSSR count). The fourth-order valence-electron chi connectivity index (χ4n) is 3.22. The number of rotatable bonds is 8. The SMILES string of the molecule is COc1ccc(CN(C(C)=O)[C@H](C)C(=O)NCCC2=CCCCC2)cc1. The molecule has 2 amide bonds. The zero-order chi connectivity index (χ0) is 18.9. The molecule has 0 saturated carbocycles. The van der Waals surface area contributed by atoms with Gasteiger partial charge in [0, 0.05) is 20.0 Å². The van der Waals surface area contributed by atoms with Crippen LogP contribution in [0.15, 0.2) is 35.9 Å². The number of nitrogens with one attached hydrogen (secondary N) is 1. The van der Waals surface area contributed by atoms with Gasteiger partial charge in [-0.15, -0.1) is 0 Å². The van der Waals surface area contributed by atoms with Crippen molar-refractivity contribution in [1.29, 1.82) is 0 Å². The molecule has 142 valence electrons. The quantitative estimate of drug-likeness (QED) is 0.724. The fraction of sp³-hybridized carbons (Fsp3) is 0.524. The molecule has 1 aromatic rings. The van der Waals surface area contributed by atoms with Crippen LogP contribution in [-0.2, 0) is 16.1 Å². The van der Waals surface area contributed by atoms with Crippen molar-refractivity contribution in [2.24, 2.45) is 0 Å². The number of allylic oxidation sites excluding steroid dienone is 1. The topological polar surface area (TPSA) is 58.6 Å². The number of amides is 2. The minimum atomic E-state index is -0.505. The second-order valence-electron chi connectivity index (χ2n) is 6.82. The van der Waals surface area contributed by atoms with Crippen molar-refractivity contribution in [2.75, 3.05) is 13.7 Å². The monoisotopic (exact) mass is 358 g/mol. The van der Waals surface area contributed by atoms with Crippen LogP contribution in [0.4, 0.5) is 0 Å². The van der Waals surface area contributed by atoms with E-state index in [1.807, 2.05) is 24.3 Å². The maximum atomic E-state index is 12.5. The summed E-state index contributed by atoms with van der Waals surface area (Å²) in [6.45, 7) is 4.31. The molecule has 0 heterocycles. The zero-order valence-corrected chi connectivity index (χ0v) is 16.1. The van der Waals surface area contributed by atoms with Crippen molar-refractivity contribution in [1.82, 2.24) is 10.2 Å². The second-order valence-corrected chi connectivity index (χ2v) is 6.82. The smallest absolute Gasteiger partial charge is 0.242 e. The number of hydrogen-bond acceptors (Lipinski definition) is 3. The molecule has 0 radical (unpaired) electrons. The van der Waals surface area contributed by atoms with E-state index in [1.165, 1.54) is 25.3 Å². The van der Waals surface area contributed by atoms with Crippen LogP contribution in [0.3, 0.4) is 0 Å². The average molecular weight is 358 g/mol. The fourth-order valence-corrected chi connectivity index (χ4v) is 3.22. The van der Waals surface area contributed by atoms with Gasteiger partial charge in [0.15, 0.2) is 0 Å². The number of nitrogens with zero attached hydrogens (tertiary/aromatic N) is 1. The number of hydrogen-bond donors (Lipinski definition) is 1. The van der Waals surface area contributed by atoms with Crippen LogP contribution in [0.1, 0.15) is 51.5 Å². The summed E-state index contributed by atoms with van der Waals surface area (Å²) in [4.78, 5) is 26.1. The zero-order valence-electron chi connectivity index (χ0n) is 16.1. The summed E-state index contributed by atoms with van der Waals surface area (Å²) in [6.07, 6.45) is 8.01. The van der Waals surface area contributed by atoms with E-state index in [9.17, 15) is 9.59 Å². The van der Waals surface area contributed by atoms with Crippen molar-refractivity contribution < 1.29 is 14.3 Å². The number of carbonyl (C=O) groups excluding carboxylic acids is 2. The summed E-state index contributed by atoms with van der Waals surface area (Å²) < 4.78 is 5.15. The molecule has 1 N–H and O–H groups in total. The molecule has 1 aliphatic carbocycles. The van der Waals surface area contributed by atoms with Gasteiger partial charge < -0.3 is 15.0 Å². The van der Waals surface area contributed by atoms with Gasteiger partial charge in [0.1, 0.15) is 11.8 Å². The number of methoxy groups -OCH3 is 1. The Morgan fingerprint density at radius 1 is 1.23 bits per heavy atom. The van der Waals surface area contributed by atoms with Gasteiger partial charge >= 0.3 is 0 Å². The molecule has 0 saturated heterocycles. The van der Waals surface area contributed by atoms with Gasteiger partial charge in [-0.1, -0.05) is 23.8 Å². The van der Waals surface area contributed by atoms with Crippen LogP contribution in [-0.4, -0.2) is 36.4 Å². The normalized spacial score (nSPS) is 15.0. The highest BCUT2D eigenvalue weighted by Crippen LogP contribution is 2.19. The first-order chi connectivity index (χ1) is 12.5. The highest BCUT2D eigenvalue weighted by molar-refractivity contribution is 5.86. The average Bonchev–Trinajstić information content (AvgIpc) is 2.66. The molecule has 0 bridgehead atoms. The largest absolute Gasteiger partial charge is 0.497 e. The Balaban J connectivity index is 1.89. The minimum Gasteiger partial charge on any atom is -0.497 e. The standard InChI is InChI=1S/C21H30N2O3/c1-16(21(25)22-14-13-18-7-5-4-6-8-18)23(17(2)24)15-19-9-11-20(26-3)12-10-19/h7,9-12,16H,4-6,8,13-15H2,1-3H3,(H,22,25)/t16-/m1/s1. The third-order valence-electron chi connectivity index (χ3n) is 4.89. The van der Waals surface area contributed by atoms with Gasteiger partial charge in [-0.05, 0) is 56.7 Å². The molecule has 26 heavy (non-hydrogen) atoms. The Kier molecular flexibility index (Phi) is 7.70. The molecule has 1 atom stereocenters. The van der Waals surface area contributed by atoms with Crippen molar-refractivity contribution >= 4 is 11.8 Å². The van der Waals surface area contributed by atoms with E-state index in [0.29, 0.717) is 13.1 Å². The highest BCUT2D eigenvalue weighted by Gasteiger charge is 2.23. The Hall–Kier alpha value is -2.30. The van der Waals surface area contributed by atoms with E-state index in [-0.39, 0.29) is 11.8 Å². The van der Waals surface area contributed by atoms with Crippen molar-refractivity contribution in [2.45, 2.75) is 58.5 Å². The molecule has 0 spiro atoms. The van der Waals surface area contributed by atoms with Gasteiger partial charge in [-0.3, -0.25) is 9.59 Å². The van der Waals surface area contributed by atoms with Gasteiger partial charge in [0.05, 0.1) is 7.11 Å². The van der Waals surface area contributed by atoms with Crippen molar-refractivity contribution in [3.8, 4) is 5.75 Å². The Labute approximate surface area is 156 Å². The van der Waals surface area contributed by atoms with E-state index in [4.69, 9.17) is 4.74 Å². The molecule has 5 heteroatoms. The molecule has 0 fully saturated rings. The second kappa shape index (κ2) is 10.00. The lowest BCUT2D eigenvalue weighted by atomic mass is 9.97. The van der Waals surface area contributed by atoms with Crippen LogP contribution in [0, 0.1) is 0 Å². The first kappa shape index (κ1) is 20.0. The summed E-state index contributed by atoms with van der Waals surface area (Å²) >= 11 is 0. The Morgan fingerprint density at radius 2 is 1.96 bits per heavy atom. The molecule has 1 aliphatic rings. The predicted octanol–water partition coefficient (Wildman–Crippen LogP) is 3.44. The minimum absolute atomic E-state index is 0.106. The Bertz CT molecular complexity index is 637. The summed E-state index contributed by atoms with van der Waals surface area (Å²) in [7, 11) is 1.62. The van der Waals surface area contributed by atoms with Crippen LogP contribution in [0.2, 0.25) is 0 Å². The highest BCUT2D eigenvalue weighted by atomic mass is 16.5. The maximum absolute atomic E-state index is 12.5. The first-order valence-electron chi connectivity index (χ1n) is 9.37. The van der Waals surface area contributed by atoms with Crippen LogP contribution in [0.5, 0.6) is 5.75 Å². The molecule has 0 aliphatic heterocycles. The van der Waals surface area contributed by atoms with Crippen LogP contribution in [0.25, 0.3) is 0 Å². The Morgan fingerprint density at radius 3 is 2.54 bits per heavy atom. The third-order valence-corrected chi connectivity index (χ3v) is 4.89. The van der Waals surface area contributed by atoms with Gasteiger partial charge in [0.2, 0.25) is 11.8 Å². The lowest BCUT2D eigenvalue weighted by molar-refractivity contribution is -0.138. The summed E-state index contributed by atoms with van der Waals surface area (Å²) in [5.41, 5.74) is 2.40.